The summed E-state index contributed by atoms with van der Waals surface area (Å²) in [6.45, 7) is 5.17. The molecule has 0 aliphatic heterocycles. The first kappa shape index (κ1) is 25.1. The van der Waals surface area contributed by atoms with Crippen molar-refractivity contribution in [3.63, 3.8) is 0 Å². The monoisotopic (exact) mass is 350 g/mol. The van der Waals surface area contributed by atoms with E-state index in [1.807, 2.05) is 0 Å². The molecule has 2 N–H and O–H groups in total. The van der Waals surface area contributed by atoms with Crippen LogP contribution < -0.4 is 0 Å². The van der Waals surface area contributed by atoms with Crippen LogP contribution >= 0.6 is 0 Å². The van der Waals surface area contributed by atoms with Crippen molar-refractivity contribution in [2.24, 2.45) is 0 Å². The highest BCUT2D eigenvalue weighted by molar-refractivity contribution is 5.78. The van der Waals surface area contributed by atoms with Crippen LogP contribution in [0.25, 0.3) is 0 Å². The molecule has 0 atom stereocenters. The summed E-state index contributed by atoms with van der Waals surface area (Å²) in [7, 11) is 0. The second-order valence-corrected chi connectivity index (χ2v) is 5.63. The SMILES string of the molecule is C=CC(=O)O.CCCCC=CC=CC=CCCCCCCCC(=O)O. The number of hydrogen-bond donors (Lipinski definition) is 2. The van der Waals surface area contributed by atoms with Crippen molar-refractivity contribution in [3.8, 4) is 0 Å². The van der Waals surface area contributed by atoms with Gasteiger partial charge in [0.2, 0.25) is 0 Å². The minimum absolute atomic E-state index is 0.316. The molecule has 0 aliphatic rings. The summed E-state index contributed by atoms with van der Waals surface area (Å²) in [5, 5.41) is 16.1. The molecule has 0 bridgehead atoms. The Kier molecular flexibility index (Phi) is 22.0. The molecular weight excluding hydrogens is 316 g/mol. The molecule has 25 heavy (non-hydrogen) atoms. The van der Waals surface area contributed by atoms with E-state index in [0.717, 1.165) is 31.8 Å². The average Bonchev–Trinajstić information content (AvgIpc) is 2.58. The van der Waals surface area contributed by atoms with Gasteiger partial charge in [-0.05, 0) is 25.7 Å². The Morgan fingerprint density at radius 1 is 0.800 bits per heavy atom. The molecule has 142 valence electrons. The molecule has 0 rings (SSSR count). The number of hydrogen-bond acceptors (Lipinski definition) is 2. The van der Waals surface area contributed by atoms with Crippen LogP contribution in [0, 0.1) is 0 Å². The summed E-state index contributed by atoms with van der Waals surface area (Å²) >= 11 is 0. The summed E-state index contributed by atoms with van der Waals surface area (Å²) in [4.78, 5) is 19.6. The van der Waals surface area contributed by atoms with Gasteiger partial charge in [0.25, 0.3) is 0 Å². The first-order valence-electron chi connectivity index (χ1n) is 9.10. The van der Waals surface area contributed by atoms with E-state index in [9.17, 15) is 9.59 Å². The Morgan fingerprint density at radius 2 is 1.28 bits per heavy atom. The van der Waals surface area contributed by atoms with E-state index < -0.39 is 11.9 Å². The second kappa shape index (κ2) is 21.9. The second-order valence-electron chi connectivity index (χ2n) is 5.63. The summed E-state index contributed by atoms with van der Waals surface area (Å²) < 4.78 is 0. The number of rotatable bonds is 14. The van der Waals surface area contributed by atoms with Crippen molar-refractivity contribution in [2.75, 3.05) is 0 Å². The first-order valence-corrected chi connectivity index (χ1v) is 9.10. The molecule has 0 fully saturated rings. The molecule has 0 aromatic rings. The molecule has 0 amide bonds. The van der Waals surface area contributed by atoms with Gasteiger partial charge in [-0.25, -0.2) is 4.79 Å². The summed E-state index contributed by atoms with van der Waals surface area (Å²) in [5.41, 5.74) is 0. The third-order valence-electron chi connectivity index (χ3n) is 3.27. The maximum atomic E-state index is 10.3. The van der Waals surface area contributed by atoms with Crippen LogP contribution in [-0.4, -0.2) is 22.2 Å². The maximum Gasteiger partial charge on any atom is 0.327 e. The predicted molar refractivity (Wildman–Crippen MR) is 105 cm³/mol. The molecule has 0 saturated heterocycles. The Bertz CT molecular complexity index is 420. The van der Waals surface area contributed by atoms with Gasteiger partial charge in [-0.15, -0.1) is 0 Å². The van der Waals surface area contributed by atoms with Crippen LogP contribution in [-0.2, 0) is 9.59 Å². The van der Waals surface area contributed by atoms with Gasteiger partial charge in [-0.3, -0.25) is 4.79 Å². The molecule has 0 saturated carbocycles. The first-order chi connectivity index (χ1) is 12.0. The van der Waals surface area contributed by atoms with Crippen molar-refractivity contribution < 1.29 is 19.8 Å². The van der Waals surface area contributed by atoms with Gasteiger partial charge in [-0.1, -0.05) is 82.1 Å². The lowest BCUT2D eigenvalue weighted by Gasteiger charge is -1.97. The molecule has 0 unspecified atom stereocenters. The third kappa shape index (κ3) is 30.4. The van der Waals surface area contributed by atoms with Gasteiger partial charge in [-0.2, -0.15) is 0 Å². The predicted octanol–water partition coefficient (Wildman–Crippen LogP) is 5.92. The van der Waals surface area contributed by atoms with Crippen molar-refractivity contribution in [3.05, 3.63) is 49.1 Å². The van der Waals surface area contributed by atoms with Crippen molar-refractivity contribution >= 4 is 11.9 Å². The van der Waals surface area contributed by atoms with E-state index in [4.69, 9.17) is 10.2 Å². The molecule has 0 radical (unpaired) electrons. The number of carboxylic acids is 2. The molecular formula is C21H34O4. The highest BCUT2D eigenvalue weighted by Crippen LogP contribution is 2.07. The van der Waals surface area contributed by atoms with Gasteiger partial charge in [0.05, 0.1) is 0 Å². The zero-order chi connectivity index (χ0) is 19.2. The highest BCUT2D eigenvalue weighted by Gasteiger charge is 1.95. The third-order valence-corrected chi connectivity index (χ3v) is 3.27. The minimum Gasteiger partial charge on any atom is -0.481 e. The Morgan fingerprint density at radius 3 is 1.76 bits per heavy atom. The molecule has 0 aromatic heterocycles. The van der Waals surface area contributed by atoms with Gasteiger partial charge in [0.1, 0.15) is 0 Å². The minimum atomic E-state index is -0.981. The topological polar surface area (TPSA) is 74.6 Å². The fourth-order valence-electron chi connectivity index (χ4n) is 1.87. The van der Waals surface area contributed by atoms with E-state index in [2.05, 4.69) is 50.0 Å². The lowest BCUT2D eigenvalue weighted by molar-refractivity contribution is -0.137. The fourth-order valence-corrected chi connectivity index (χ4v) is 1.87. The largest absolute Gasteiger partial charge is 0.481 e. The molecule has 0 aromatic carbocycles. The molecule has 0 spiro atoms. The Hall–Kier alpha value is -2.10. The standard InChI is InChI=1S/C18H30O2.C3H4O2/c1-2-3-4-5-6-7-8-9-10-11-12-13-14-15-16-17-18(19)20;1-2-3(4)5/h5-10H,2-4,11-17H2,1H3,(H,19,20);2H,1H2,(H,4,5). The lowest BCUT2D eigenvalue weighted by Crippen LogP contribution is -1.93. The number of aliphatic carboxylic acids is 2. The molecule has 0 aliphatic carbocycles. The smallest absolute Gasteiger partial charge is 0.327 e. The molecule has 0 heterocycles. The summed E-state index contributed by atoms with van der Waals surface area (Å²) in [6.07, 6.45) is 24.2. The normalized spacial score (nSPS) is 10.9. The van der Waals surface area contributed by atoms with Gasteiger partial charge >= 0.3 is 11.9 Å². The zero-order valence-electron chi connectivity index (χ0n) is 15.5. The van der Waals surface area contributed by atoms with Crippen LogP contribution in [0.4, 0.5) is 0 Å². The maximum absolute atomic E-state index is 10.3. The van der Waals surface area contributed by atoms with E-state index in [-0.39, 0.29) is 0 Å². The van der Waals surface area contributed by atoms with E-state index in [1.54, 1.807) is 0 Å². The lowest BCUT2D eigenvalue weighted by atomic mass is 10.1. The van der Waals surface area contributed by atoms with Gasteiger partial charge in [0.15, 0.2) is 0 Å². The van der Waals surface area contributed by atoms with Crippen LogP contribution in [0.3, 0.4) is 0 Å². The van der Waals surface area contributed by atoms with Crippen molar-refractivity contribution in [2.45, 2.75) is 71.1 Å². The number of carbonyl (C=O) groups is 2. The molecule has 4 heteroatoms. The highest BCUT2D eigenvalue weighted by atomic mass is 16.4. The average molecular weight is 350 g/mol. The van der Waals surface area contributed by atoms with Gasteiger partial charge in [0, 0.05) is 12.5 Å². The molecule has 4 nitrogen and oxygen atoms in total. The zero-order valence-corrected chi connectivity index (χ0v) is 15.5. The Labute approximate surface area is 152 Å². The number of allylic oxidation sites excluding steroid dienone is 6. The van der Waals surface area contributed by atoms with Crippen molar-refractivity contribution in [1.82, 2.24) is 0 Å². The summed E-state index contributed by atoms with van der Waals surface area (Å²) in [5.74, 6) is -1.66. The van der Waals surface area contributed by atoms with Crippen LogP contribution in [0.15, 0.2) is 49.1 Å². The fraction of sp³-hybridized carbons (Fsp3) is 0.524. The van der Waals surface area contributed by atoms with E-state index in [0.29, 0.717) is 6.42 Å². The van der Waals surface area contributed by atoms with Gasteiger partial charge < -0.3 is 10.2 Å². The Balaban J connectivity index is 0. The van der Waals surface area contributed by atoms with Crippen LogP contribution in [0.2, 0.25) is 0 Å². The number of carboxylic acid groups (broad SMARTS) is 2. The van der Waals surface area contributed by atoms with Crippen LogP contribution in [0.1, 0.15) is 71.1 Å². The van der Waals surface area contributed by atoms with Crippen LogP contribution in [0.5, 0.6) is 0 Å². The van der Waals surface area contributed by atoms with Crippen molar-refractivity contribution in [1.29, 1.82) is 0 Å². The van der Waals surface area contributed by atoms with E-state index in [1.165, 1.54) is 32.1 Å². The number of unbranched alkanes of at least 4 members (excludes halogenated alkanes) is 7. The quantitative estimate of drug-likeness (QED) is 0.232. The van der Waals surface area contributed by atoms with E-state index >= 15 is 0 Å². The summed E-state index contributed by atoms with van der Waals surface area (Å²) in [6, 6.07) is 0.